The van der Waals surface area contributed by atoms with Crippen molar-refractivity contribution in [1.82, 2.24) is 0 Å². The molecule has 0 saturated carbocycles. The van der Waals surface area contributed by atoms with Crippen LogP contribution >= 0.6 is 0 Å². The Balaban J connectivity index is 0.000000184. The van der Waals surface area contributed by atoms with Gasteiger partial charge in [0.2, 0.25) is 6.79 Å². The summed E-state index contributed by atoms with van der Waals surface area (Å²) >= 11 is 0. The summed E-state index contributed by atoms with van der Waals surface area (Å²) in [6, 6.07) is 7.63. The van der Waals surface area contributed by atoms with Gasteiger partial charge in [-0.25, -0.2) is 4.79 Å². The standard InChI is InChI=1S/C7H6O2.CH3NO2/c1-2-4-7-6(3-1)8-5-9-7;2-1(3)4/h1-4H,5H2;2H2,(H,3,4). The summed E-state index contributed by atoms with van der Waals surface area (Å²) in [4.78, 5) is 8.78. The van der Waals surface area contributed by atoms with Gasteiger partial charge in [0.15, 0.2) is 11.5 Å². The van der Waals surface area contributed by atoms with E-state index >= 15 is 0 Å². The number of primary amides is 1. The lowest BCUT2D eigenvalue weighted by molar-refractivity contribution is 0.174. The number of benzene rings is 1. The molecule has 1 amide bonds. The number of ether oxygens (including phenoxy) is 2. The summed E-state index contributed by atoms with van der Waals surface area (Å²) in [5, 5.41) is 7.19. The Morgan fingerprint density at radius 3 is 2.08 bits per heavy atom. The van der Waals surface area contributed by atoms with Gasteiger partial charge in [0.05, 0.1) is 0 Å². The predicted octanol–water partition coefficient (Wildman–Crippen LogP) is 1.04. The van der Waals surface area contributed by atoms with E-state index in [4.69, 9.17) is 19.4 Å². The van der Waals surface area contributed by atoms with Gasteiger partial charge in [-0.2, -0.15) is 0 Å². The molecule has 3 N–H and O–H groups in total. The molecule has 13 heavy (non-hydrogen) atoms. The molecule has 0 unspecified atom stereocenters. The van der Waals surface area contributed by atoms with Crippen LogP contribution in [0, 0.1) is 0 Å². The average molecular weight is 183 g/mol. The largest absolute Gasteiger partial charge is 0.465 e. The summed E-state index contributed by atoms with van der Waals surface area (Å²) in [5.41, 5.74) is 4.03. The summed E-state index contributed by atoms with van der Waals surface area (Å²) in [7, 11) is 0. The molecule has 5 nitrogen and oxygen atoms in total. The van der Waals surface area contributed by atoms with Gasteiger partial charge in [0, 0.05) is 0 Å². The first-order valence-electron chi connectivity index (χ1n) is 3.53. The lowest BCUT2D eigenvalue weighted by Gasteiger charge is -1.89. The smallest absolute Gasteiger partial charge is 0.402 e. The summed E-state index contributed by atoms with van der Waals surface area (Å²) in [6.45, 7) is 0.360. The van der Waals surface area contributed by atoms with Crippen LogP contribution in [-0.4, -0.2) is 18.0 Å². The molecule has 0 atom stereocenters. The molecule has 1 aliphatic rings. The van der Waals surface area contributed by atoms with Crippen molar-refractivity contribution in [3.63, 3.8) is 0 Å². The van der Waals surface area contributed by atoms with E-state index in [9.17, 15) is 0 Å². The number of rotatable bonds is 0. The summed E-state index contributed by atoms with van der Waals surface area (Å²) < 4.78 is 10.2. The van der Waals surface area contributed by atoms with Gasteiger partial charge in [-0.3, -0.25) is 0 Å². The predicted molar refractivity (Wildman–Crippen MR) is 44.8 cm³/mol. The zero-order valence-electron chi connectivity index (χ0n) is 6.77. The molecule has 0 bridgehead atoms. The van der Waals surface area contributed by atoms with Crippen LogP contribution in [0.25, 0.3) is 0 Å². The SMILES string of the molecule is NC(=O)O.c1ccc2c(c1)OCO2. The lowest BCUT2D eigenvalue weighted by atomic mass is 10.3. The Morgan fingerprint density at radius 1 is 1.31 bits per heavy atom. The van der Waals surface area contributed by atoms with E-state index in [0.717, 1.165) is 11.5 Å². The molecule has 0 radical (unpaired) electrons. The minimum absolute atomic E-state index is 0.360. The number of para-hydroxylation sites is 2. The Hall–Kier alpha value is -1.91. The molecule has 0 spiro atoms. The fourth-order valence-electron chi connectivity index (χ4n) is 0.845. The summed E-state index contributed by atoms with van der Waals surface area (Å²) in [5.74, 6) is 1.69. The summed E-state index contributed by atoms with van der Waals surface area (Å²) in [6.07, 6.45) is -1.33. The molecular formula is C8H9NO4. The van der Waals surface area contributed by atoms with E-state index in [2.05, 4.69) is 5.73 Å². The molecule has 0 aliphatic carbocycles. The third-order valence-electron chi connectivity index (χ3n) is 1.28. The normalized spacial score (nSPS) is 11.4. The third kappa shape index (κ3) is 2.90. The number of nitrogens with two attached hydrogens (primary N) is 1. The Morgan fingerprint density at radius 2 is 1.69 bits per heavy atom. The minimum Gasteiger partial charge on any atom is -0.465 e. The number of carbonyl (C=O) groups is 1. The molecule has 5 heteroatoms. The molecule has 0 saturated heterocycles. The Labute approximate surface area is 74.7 Å². The molecule has 0 aromatic heterocycles. The molecule has 2 rings (SSSR count). The van der Waals surface area contributed by atoms with Gasteiger partial charge in [-0.05, 0) is 12.1 Å². The quantitative estimate of drug-likeness (QED) is 0.629. The molecular weight excluding hydrogens is 174 g/mol. The highest BCUT2D eigenvalue weighted by Gasteiger charge is 2.09. The van der Waals surface area contributed by atoms with Crippen molar-refractivity contribution in [3.8, 4) is 11.5 Å². The van der Waals surface area contributed by atoms with Gasteiger partial charge in [0.25, 0.3) is 0 Å². The molecule has 0 fully saturated rings. The van der Waals surface area contributed by atoms with Crippen LogP contribution in [0.1, 0.15) is 0 Å². The monoisotopic (exact) mass is 183 g/mol. The van der Waals surface area contributed by atoms with Crippen molar-refractivity contribution in [3.05, 3.63) is 24.3 Å². The van der Waals surface area contributed by atoms with Crippen molar-refractivity contribution in [2.45, 2.75) is 0 Å². The second-order valence-electron chi connectivity index (χ2n) is 2.19. The highest BCUT2D eigenvalue weighted by Crippen LogP contribution is 2.30. The van der Waals surface area contributed by atoms with Crippen LogP contribution in [0.4, 0.5) is 4.79 Å². The van der Waals surface area contributed by atoms with Gasteiger partial charge in [0.1, 0.15) is 0 Å². The first kappa shape index (κ1) is 9.18. The van der Waals surface area contributed by atoms with Crippen molar-refractivity contribution in [2.24, 2.45) is 5.73 Å². The lowest BCUT2D eigenvalue weighted by Crippen LogP contribution is -2.03. The van der Waals surface area contributed by atoms with E-state index in [0.29, 0.717) is 6.79 Å². The molecule has 70 valence electrons. The Kier molecular flexibility index (Phi) is 2.97. The second-order valence-corrected chi connectivity index (χ2v) is 2.19. The van der Waals surface area contributed by atoms with Crippen molar-refractivity contribution < 1.29 is 19.4 Å². The number of hydrogen-bond acceptors (Lipinski definition) is 3. The zero-order valence-corrected chi connectivity index (χ0v) is 6.77. The van der Waals surface area contributed by atoms with Crippen LogP contribution < -0.4 is 15.2 Å². The van der Waals surface area contributed by atoms with Crippen LogP contribution in [0.15, 0.2) is 24.3 Å². The maximum Gasteiger partial charge on any atom is 0.402 e. The average Bonchev–Trinajstić information content (AvgIpc) is 2.49. The number of fused-ring (bicyclic) bond motifs is 1. The van der Waals surface area contributed by atoms with Crippen molar-refractivity contribution >= 4 is 6.09 Å². The first-order chi connectivity index (χ1) is 6.20. The highest BCUT2D eigenvalue weighted by atomic mass is 16.7. The molecule has 1 aromatic carbocycles. The maximum atomic E-state index is 8.78. The van der Waals surface area contributed by atoms with Gasteiger partial charge in [-0.15, -0.1) is 0 Å². The van der Waals surface area contributed by atoms with E-state index in [1.165, 1.54) is 0 Å². The van der Waals surface area contributed by atoms with Crippen LogP contribution in [0.3, 0.4) is 0 Å². The van der Waals surface area contributed by atoms with Crippen LogP contribution in [0.2, 0.25) is 0 Å². The van der Waals surface area contributed by atoms with Crippen LogP contribution in [0.5, 0.6) is 11.5 Å². The van der Waals surface area contributed by atoms with E-state index in [-0.39, 0.29) is 0 Å². The Bertz CT molecular complexity index is 273. The topological polar surface area (TPSA) is 81.8 Å². The fourth-order valence-corrected chi connectivity index (χ4v) is 0.845. The van der Waals surface area contributed by atoms with Gasteiger partial charge >= 0.3 is 6.09 Å². The van der Waals surface area contributed by atoms with Crippen LogP contribution in [-0.2, 0) is 0 Å². The number of carboxylic acid groups (broad SMARTS) is 1. The number of amides is 1. The van der Waals surface area contributed by atoms with Gasteiger partial charge < -0.3 is 20.3 Å². The van der Waals surface area contributed by atoms with Crippen molar-refractivity contribution in [1.29, 1.82) is 0 Å². The van der Waals surface area contributed by atoms with E-state index < -0.39 is 6.09 Å². The maximum absolute atomic E-state index is 8.78. The minimum atomic E-state index is -1.33. The molecule has 1 aromatic rings. The number of hydrogen-bond donors (Lipinski definition) is 2. The van der Waals surface area contributed by atoms with Crippen molar-refractivity contribution in [2.75, 3.05) is 6.79 Å². The van der Waals surface area contributed by atoms with E-state index in [1.54, 1.807) is 0 Å². The molecule has 1 aliphatic heterocycles. The second kappa shape index (κ2) is 4.20. The van der Waals surface area contributed by atoms with E-state index in [1.807, 2.05) is 24.3 Å². The fraction of sp³-hybridized carbons (Fsp3) is 0.125. The van der Waals surface area contributed by atoms with Gasteiger partial charge in [-0.1, -0.05) is 12.1 Å². The highest BCUT2D eigenvalue weighted by molar-refractivity contribution is 5.61. The zero-order chi connectivity index (χ0) is 9.68. The third-order valence-corrected chi connectivity index (χ3v) is 1.28. The first-order valence-corrected chi connectivity index (χ1v) is 3.53. The molecule has 1 heterocycles.